The SMILES string of the molecule is CCn1ccc(C(=O)N2CCC[C@H]2c2ccc(Cl)cc2)n1. The van der Waals surface area contributed by atoms with Crippen molar-refractivity contribution >= 4 is 17.5 Å². The highest BCUT2D eigenvalue weighted by Gasteiger charge is 2.31. The Hall–Kier alpha value is -1.81. The summed E-state index contributed by atoms with van der Waals surface area (Å²) < 4.78 is 1.78. The molecule has 1 amide bonds. The highest BCUT2D eigenvalue weighted by molar-refractivity contribution is 6.30. The standard InChI is InChI=1S/C16H18ClN3O/c1-2-19-11-9-14(18-19)16(21)20-10-3-4-15(20)12-5-7-13(17)8-6-12/h5-9,11,15H,2-4,10H2,1H3/t15-/m0/s1. The van der Waals surface area contributed by atoms with Gasteiger partial charge in [-0.25, -0.2) is 0 Å². The van der Waals surface area contributed by atoms with E-state index in [0.29, 0.717) is 5.69 Å². The molecule has 0 N–H and O–H groups in total. The van der Waals surface area contributed by atoms with E-state index in [4.69, 9.17) is 11.6 Å². The zero-order chi connectivity index (χ0) is 14.8. The Morgan fingerprint density at radius 3 is 2.76 bits per heavy atom. The number of carbonyl (C=O) groups excluding carboxylic acids is 1. The van der Waals surface area contributed by atoms with Crippen molar-refractivity contribution in [3.63, 3.8) is 0 Å². The summed E-state index contributed by atoms with van der Waals surface area (Å²) in [5, 5.41) is 5.04. The second kappa shape index (κ2) is 5.90. The molecule has 1 aliphatic heterocycles. The maximum atomic E-state index is 12.7. The highest BCUT2D eigenvalue weighted by atomic mass is 35.5. The third-order valence-corrected chi connectivity index (χ3v) is 4.20. The van der Waals surface area contributed by atoms with Crippen molar-refractivity contribution in [2.45, 2.75) is 32.4 Å². The number of rotatable bonds is 3. The van der Waals surface area contributed by atoms with Crippen LogP contribution >= 0.6 is 11.6 Å². The van der Waals surface area contributed by atoms with Crippen LogP contribution in [-0.2, 0) is 6.54 Å². The average molecular weight is 304 g/mol. The van der Waals surface area contributed by atoms with Crippen LogP contribution in [0.4, 0.5) is 0 Å². The number of nitrogens with zero attached hydrogens (tertiary/aromatic N) is 3. The van der Waals surface area contributed by atoms with Gasteiger partial charge in [-0.05, 0) is 43.5 Å². The largest absolute Gasteiger partial charge is 0.330 e. The minimum absolute atomic E-state index is 0.0136. The van der Waals surface area contributed by atoms with Gasteiger partial charge in [0.2, 0.25) is 0 Å². The van der Waals surface area contributed by atoms with Gasteiger partial charge in [0, 0.05) is 24.3 Å². The first kappa shape index (κ1) is 14.1. The van der Waals surface area contributed by atoms with Crippen LogP contribution in [0.1, 0.15) is 41.9 Å². The van der Waals surface area contributed by atoms with Crippen LogP contribution in [0.2, 0.25) is 5.02 Å². The van der Waals surface area contributed by atoms with E-state index in [2.05, 4.69) is 5.10 Å². The van der Waals surface area contributed by atoms with Crippen LogP contribution in [-0.4, -0.2) is 27.1 Å². The maximum absolute atomic E-state index is 12.7. The van der Waals surface area contributed by atoms with E-state index >= 15 is 0 Å². The summed E-state index contributed by atoms with van der Waals surface area (Å²) in [6.07, 6.45) is 3.86. The van der Waals surface area contributed by atoms with Gasteiger partial charge in [0.1, 0.15) is 5.69 Å². The fourth-order valence-corrected chi connectivity index (χ4v) is 2.97. The molecule has 0 unspecified atom stereocenters. The smallest absolute Gasteiger partial charge is 0.274 e. The first-order valence-electron chi connectivity index (χ1n) is 7.29. The van der Waals surface area contributed by atoms with Crippen LogP contribution in [0.15, 0.2) is 36.5 Å². The third-order valence-electron chi connectivity index (χ3n) is 3.95. The first-order valence-corrected chi connectivity index (χ1v) is 7.66. The summed E-state index contributed by atoms with van der Waals surface area (Å²) in [5.41, 5.74) is 1.66. The summed E-state index contributed by atoms with van der Waals surface area (Å²) in [7, 11) is 0. The molecule has 1 atom stereocenters. The molecule has 2 aromatic rings. The Kier molecular flexibility index (Phi) is 3.97. The molecule has 2 heterocycles. The zero-order valence-electron chi connectivity index (χ0n) is 12.0. The van der Waals surface area contributed by atoms with Gasteiger partial charge in [-0.2, -0.15) is 5.10 Å². The molecule has 1 fully saturated rings. The average Bonchev–Trinajstić information content (AvgIpc) is 3.16. The number of aromatic nitrogens is 2. The topological polar surface area (TPSA) is 38.1 Å². The number of hydrogen-bond acceptors (Lipinski definition) is 2. The van der Waals surface area contributed by atoms with Gasteiger partial charge in [-0.3, -0.25) is 9.48 Å². The van der Waals surface area contributed by atoms with Gasteiger partial charge in [-0.1, -0.05) is 23.7 Å². The van der Waals surface area contributed by atoms with E-state index in [1.807, 2.05) is 42.3 Å². The lowest BCUT2D eigenvalue weighted by atomic mass is 10.0. The number of benzene rings is 1. The van der Waals surface area contributed by atoms with E-state index in [1.165, 1.54) is 0 Å². The molecule has 1 aromatic heterocycles. The second-order valence-electron chi connectivity index (χ2n) is 5.26. The lowest BCUT2D eigenvalue weighted by molar-refractivity contribution is 0.0728. The first-order chi connectivity index (χ1) is 10.2. The van der Waals surface area contributed by atoms with E-state index in [0.717, 1.165) is 36.5 Å². The number of amides is 1. The van der Waals surface area contributed by atoms with E-state index in [9.17, 15) is 4.79 Å². The molecule has 1 aliphatic rings. The molecule has 5 heteroatoms. The van der Waals surface area contributed by atoms with Gasteiger partial charge in [-0.15, -0.1) is 0 Å². The lowest BCUT2D eigenvalue weighted by Gasteiger charge is -2.24. The summed E-state index contributed by atoms with van der Waals surface area (Å²) in [5.74, 6) is 0.0136. The van der Waals surface area contributed by atoms with Crippen LogP contribution in [0.25, 0.3) is 0 Å². The molecule has 0 aliphatic carbocycles. The van der Waals surface area contributed by atoms with Gasteiger partial charge >= 0.3 is 0 Å². The number of carbonyl (C=O) groups is 1. The Morgan fingerprint density at radius 1 is 1.33 bits per heavy atom. The summed E-state index contributed by atoms with van der Waals surface area (Å²) in [6, 6.07) is 9.68. The van der Waals surface area contributed by atoms with Crippen LogP contribution < -0.4 is 0 Å². The minimum Gasteiger partial charge on any atom is -0.330 e. The monoisotopic (exact) mass is 303 g/mol. The van der Waals surface area contributed by atoms with Crippen molar-refractivity contribution in [3.05, 3.63) is 52.8 Å². The number of aryl methyl sites for hydroxylation is 1. The van der Waals surface area contributed by atoms with Gasteiger partial charge in [0.05, 0.1) is 6.04 Å². The third kappa shape index (κ3) is 2.81. The molecule has 110 valence electrons. The summed E-state index contributed by atoms with van der Waals surface area (Å²) >= 11 is 5.94. The molecule has 1 saturated heterocycles. The number of halogens is 1. The minimum atomic E-state index is 0.0136. The quantitative estimate of drug-likeness (QED) is 0.870. The molecular formula is C16H18ClN3O. The summed E-state index contributed by atoms with van der Waals surface area (Å²) in [4.78, 5) is 14.6. The maximum Gasteiger partial charge on any atom is 0.274 e. The Morgan fingerprint density at radius 2 is 2.10 bits per heavy atom. The Balaban J connectivity index is 1.83. The van der Waals surface area contributed by atoms with Crippen molar-refractivity contribution in [1.29, 1.82) is 0 Å². The molecular weight excluding hydrogens is 286 g/mol. The highest BCUT2D eigenvalue weighted by Crippen LogP contribution is 2.33. The zero-order valence-corrected chi connectivity index (χ0v) is 12.8. The van der Waals surface area contributed by atoms with E-state index in [-0.39, 0.29) is 11.9 Å². The van der Waals surface area contributed by atoms with E-state index < -0.39 is 0 Å². The molecule has 1 aromatic carbocycles. The molecule has 21 heavy (non-hydrogen) atoms. The molecule has 0 radical (unpaired) electrons. The van der Waals surface area contributed by atoms with Crippen LogP contribution in [0.5, 0.6) is 0 Å². The van der Waals surface area contributed by atoms with Crippen molar-refractivity contribution in [1.82, 2.24) is 14.7 Å². The second-order valence-corrected chi connectivity index (χ2v) is 5.70. The van der Waals surface area contributed by atoms with Crippen molar-refractivity contribution in [3.8, 4) is 0 Å². The van der Waals surface area contributed by atoms with Crippen molar-refractivity contribution in [2.24, 2.45) is 0 Å². The van der Waals surface area contributed by atoms with E-state index in [1.54, 1.807) is 10.7 Å². The fourth-order valence-electron chi connectivity index (χ4n) is 2.84. The van der Waals surface area contributed by atoms with Crippen molar-refractivity contribution in [2.75, 3.05) is 6.54 Å². The van der Waals surface area contributed by atoms with Gasteiger partial charge in [0.15, 0.2) is 0 Å². The molecule has 4 nitrogen and oxygen atoms in total. The van der Waals surface area contributed by atoms with Crippen molar-refractivity contribution < 1.29 is 4.79 Å². The predicted molar refractivity (Wildman–Crippen MR) is 82.4 cm³/mol. The Bertz CT molecular complexity index is 635. The van der Waals surface area contributed by atoms with Gasteiger partial charge < -0.3 is 4.90 Å². The lowest BCUT2D eigenvalue weighted by Crippen LogP contribution is -2.31. The molecule has 0 bridgehead atoms. The fraction of sp³-hybridized carbons (Fsp3) is 0.375. The summed E-state index contributed by atoms with van der Waals surface area (Å²) in [6.45, 7) is 3.56. The number of likely N-dealkylation sites (tertiary alicyclic amines) is 1. The van der Waals surface area contributed by atoms with Crippen LogP contribution in [0, 0.1) is 0 Å². The van der Waals surface area contributed by atoms with Crippen LogP contribution in [0.3, 0.4) is 0 Å². The molecule has 3 rings (SSSR count). The Labute approximate surface area is 129 Å². The molecule has 0 saturated carbocycles. The van der Waals surface area contributed by atoms with Gasteiger partial charge in [0.25, 0.3) is 5.91 Å². The normalized spacial score (nSPS) is 18.2. The number of hydrogen-bond donors (Lipinski definition) is 0. The predicted octanol–water partition coefficient (Wildman–Crippen LogP) is 3.53. The molecule has 0 spiro atoms.